The van der Waals surface area contributed by atoms with Crippen LogP contribution in [0.2, 0.25) is 0 Å². The molecule has 0 aromatic carbocycles. The number of carbonyl (C=O) groups excluding carboxylic acids is 1. The van der Waals surface area contributed by atoms with E-state index in [-0.39, 0.29) is 17.2 Å². The lowest BCUT2D eigenvalue weighted by Gasteiger charge is -2.27. The third-order valence-corrected chi connectivity index (χ3v) is 6.75. The molecule has 2 saturated heterocycles. The molecule has 1 spiro atoms. The first-order valence-electron chi connectivity index (χ1n) is 8.13. The molecule has 0 saturated carbocycles. The number of amides is 1. The van der Waals surface area contributed by atoms with Crippen molar-refractivity contribution < 1.29 is 4.79 Å². The lowest BCUT2D eigenvalue weighted by atomic mass is 9.77. The monoisotopic (exact) mass is 360 g/mol. The summed E-state index contributed by atoms with van der Waals surface area (Å²) in [6, 6.07) is 0. The van der Waals surface area contributed by atoms with Gasteiger partial charge in [-0.15, -0.1) is 29.3 Å². The predicted octanol–water partition coefficient (Wildman–Crippen LogP) is 2.60. The Labute approximate surface area is 149 Å². The molecule has 1 amide bonds. The summed E-state index contributed by atoms with van der Waals surface area (Å²) in [7, 11) is 0. The lowest BCUT2D eigenvalue weighted by Crippen LogP contribution is -2.39. The SMILES string of the molecule is C=CCN1CC[C@@]2(CN(Cc3nccs3)C[C@H]2c2nccs2)C1=O. The van der Waals surface area contributed by atoms with Crippen LogP contribution in [-0.2, 0) is 11.3 Å². The van der Waals surface area contributed by atoms with Crippen LogP contribution in [0.4, 0.5) is 0 Å². The Morgan fingerprint density at radius 3 is 2.88 bits per heavy atom. The molecule has 126 valence electrons. The quantitative estimate of drug-likeness (QED) is 0.769. The van der Waals surface area contributed by atoms with Crippen molar-refractivity contribution in [2.24, 2.45) is 5.41 Å². The Kier molecular flexibility index (Phi) is 4.24. The van der Waals surface area contributed by atoms with Crippen molar-refractivity contribution >= 4 is 28.6 Å². The molecule has 0 unspecified atom stereocenters. The van der Waals surface area contributed by atoms with Gasteiger partial charge in [0.05, 0.1) is 17.0 Å². The predicted molar refractivity (Wildman–Crippen MR) is 96.1 cm³/mol. The molecule has 5 nitrogen and oxygen atoms in total. The minimum absolute atomic E-state index is 0.180. The van der Waals surface area contributed by atoms with E-state index in [0.717, 1.165) is 42.6 Å². The molecule has 0 radical (unpaired) electrons. The van der Waals surface area contributed by atoms with Crippen LogP contribution >= 0.6 is 22.7 Å². The number of rotatable bonds is 5. The zero-order valence-electron chi connectivity index (χ0n) is 13.4. The highest BCUT2D eigenvalue weighted by Gasteiger charge is 2.57. The topological polar surface area (TPSA) is 49.3 Å². The van der Waals surface area contributed by atoms with Gasteiger partial charge in [0.2, 0.25) is 5.91 Å². The molecule has 4 rings (SSSR count). The van der Waals surface area contributed by atoms with Gasteiger partial charge in [-0.2, -0.15) is 0 Å². The lowest BCUT2D eigenvalue weighted by molar-refractivity contribution is -0.135. The number of hydrogen-bond acceptors (Lipinski definition) is 6. The van der Waals surface area contributed by atoms with Crippen molar-refractivity contribution in [1.82, 2.24) is 19.8 Å². The molecule has 0 N–H and O–H groups in total. The van der Waals surface area contributed by atoms with Crippen LogP contribution in [0.15, 0.2) is 35.8 Å². The zero-order chi connectivity index (χ0) is 16.6. The maximum Gasteiger partial charge on any atom is 0.231 e. The maximum absolute atomic E-state index is 13.2. The van der Waals surface area contributed by atoms with E-state index >= 15 is 0 Å². The number of thiazole rings is 2. The van der Waals surface area contributed by atoms with E-state index in [1.165, 1.54) is 0 Å². The van der Waals surface area contributed by atoms with E-state index in [9.17, 15) is 4.79 Å². The molecule has 2 atom stereocenters. The van der Waals surface area contributed by atoms with Crippen LogP contribution in [0.3, 0.4) is 0 Å². The van der Waals surface area contributed by atoms with Crippen LogP contribution in [0.5, 0.6) is 0 Å². The summed E-state index contributed by atoms with van der Waals surface area (Å²) in [4.78, 5) is 26.5. The Morgan fingerprint density at radius 1 is 1.33 bits per heavy atom. The largest absolute Gasteiger partial charge is 0.338 e. The van der Waals surface area contributed by atoms with E-state index in [1.807, 2.05) is 34.1 Å². The highest BCUT2D eigenvalue weighted by Crippen LogP contribution is 2.50. The van der Waals surface area contributed by atoms with Crippen molar-refractivity contribution in [3.05, 3.63) is 45.8 Å². The van der Waals surface area contributed by atoms with E-state index in [2.05, 4.69) is 21.4 Å². The number of hydrogen-bond donors (Lipinski definition) is 0. The number of likely N-dealkylation sites (tertiary alicyclic amines) is 2. The van der Waals surface area contributed by atoms with Crippen LogP contribution in [-0.4, -0.2) is 51.9 Å². The number of carbonyl (C=O) groups is 1. The Morgan fingerprint density at radius 2 is 2.17 bits per heavy atom. The summed E-state index contributed by atoms with van der Waals surface area (Å²) in [6.07, 6.45) is 6.41. The fourth-order valence-corrected chi connectivity index (χ4v) is 5.53. The third-order valence-electron chi connectivity index (χ3n) is 5.10. The average Bonchev–Trinajstić information content (AvgIpc) is 3.34. The molecule has 0 bridgehead atoms. The van der Waals surface area contributed by atoms with Crippen LogP contribution < -0.4 is 0 Å². The highest BCUT2D eigenvalue weighted by atomic mass is 32.1. The summed E-state index contributed by atoms with van der Waals surface area (Å²) in [5.74, 6) is 0.448. The first kappa shape index (κ1) is 15.9. The standard InChI is InChI=1S/C17H20N4OS2/c1-2-6-21-7-3-17(16(21)22)12-20(11-14-18-4-8-23-14)10-13(17)15-19-5-9-24-15/h2,4-5,8-9,13H,1,3,6-7,10-12H2/t13-,17-/m0/s1. The van der Waals surface area contributed by atoms with Crippen molar-refractivity contribution in [3.63, 3.8) is 0 Å². The number of nitrogens with zero attached hydrogens (tertiary/aromatic N) is 4. The second-order valence-corrected chi connectivity index (χ2v) is 8.37. The molecule has 2 aliphatic heterocycles. The minimum atomic E-state index is -0.335. The van der Waals surface area contributed by atoms with Gasteiger partial charge in [-0.1, -0.05) is 6.08 Å². The molecule has 24 heavy (non-hydrogen) atoms. The van der Waals surface area contributed by atoms with Gasteiger partial charge in [0, 0.05) is 55.3 Å². The van der Waals surface area contributed by atoms with E-state index in [1.54, 1.807) is 22.7 Å². The molecule has 4 heterocycles. The fraction of sp³-hybridized carbons (Fsp3) is 0.471. The van der Waals surface area contributed by atoms with Crippen LogP contribution in [0, 0.1) is 5.41 Å². The van der Waals surface area contributed by atoms with Gasteiger partial charge >= 0.3 is 0 Å². The molecule has 0 aliphatic carbocycles. The molecule has 2 aromatic heterocycles. The van der Waals surface area contributed by atoms with Gasteiger partial charge in [0.1, 0.15) is 5.01 Å². The smallest absolute Gasteiger partial charge is 0.231 e. The Hall–Kier alpha value is -1.57. The first-order chi connectivity index (χ1) is 11.7. The Balaban J connectivity index is 1.62. The van der Waals surface area contributed by atoms with E-state index in [0.29, 0.717) is 6.54 Å². The van der Waals surface area contributed by atoms with Crippen molar-refractivity contribution in [2.45, 2.75) is 18.9 Å². The number of aromatic nitrogens is 2. The minimum Gasteiger partial charge on any atom is -0.338 e. The fourth-order valence-electron chi connectivity index (χ4n) is 4.03. The van der Waals surface area contributed by atoms with Gasteiger partial charge in [0.25, 0.3) is 0 Å². The third kappa shape index (κ3) is 2.60. The summed E-state index contributed by atoms with van der Waals surface area (Å²) in [5, 5.41) is 6.21. The average molecular weight is 361 g/mol. The van der Waals surface area contributed by atoms with Crippen molar-refractivity contribution in [1.29, 1.82) is 0 Å². The molecular formula is C17H20N4OS2. The van der Waals surface area contributed by atoms with Crippen LogP contribution in [0.1, 0.15) is 22.4 Å². The summed E-state index contributed by atoms with van der Waals surface area (Å²) < 4.78 is 0. The zero-order valence-corrected chi connectivity index (χ0v) is 15.1. The highest BCUT2D eigenvalue weighted by molar-refractivity contribution is 7.09. The normalized spacial score (nSPS) is 27.4. The molecule has 2 aliphatic rings. The van der Waals surface area contributed by atoms with Gasteiger partial charge in [0.15, 0.2) is 0 Å². The van der Waals surface area contributed by atoms with E-state index < -0.39 is 0 Å². The summed E-state index contributed by atoms with van der Waals surface area (Å²) in [6.45, 7) is 7.73. The van der Waals surface area contributed by atoms with Gasteiger partial charge in [-0.3, -0.25) is 9.69 Å². The van der Waals surface area contributed by atoms with E-state index in [4.69, 9.17) is 0 Å². The maximum atomic E-state index is 13.2. The summed E-state index contributed by atoms with van der Waals surface area (Å²) >= 11 is 3.34. The molecular weight excluding hydrogens is 340 g/mol. The molecule has 7 heteroatoms. The molecule has 2 aromatic rings. The Bertz CT molecular complexity index is 715. The van der Waals surface area contributed by atoms with Crippen molar-refractivity contribution in [3.8, 4) is 0 Å². The second kappa shape index (κ2) is 6.38. The van der Waals surface area contributed by atoms with Gasteiger partial charge in [-0.25, -0.2) is 9.97 Å². The first-order valence-corrected chi connectivity index (χ1v) is 9.89. The van der Waals surface area contributed by atoms with Crippen molar-refractivity contribution in [2.75, 3.05) is 26.2 Å². The van der Waals surface area contributed by atoms with Gasteiger partial charge < -0.3 is 4.90 Å². The summed E-state index contributed by atoms with van der Waals surface area (Å²) in [5.41, 5.74) is -0.335. The second-order valence-electron chi connectivity index (χ2n) is 6.46. The molecule has 2 fully saturated rings. The van der Waals surface area contributed by atoms with Crippen LogP contribution in [0.25, 0.3) is 0 Å². The van der Waals surface area contributed by atoms with Gasteiger partial charge in [-0.05, 0) is 6.42 Å².